The van der Waals surface area contributed by atoms with Crippen LogP contribution in [0.3, 0.4) is 0 Å². The molecular formula is C28H23BrFN5O3. The predicted octanol–water partition coefficient (Wildman–Crippen LogP) is 5.10. The lowest BCUT2D eigenvalue weighted by Crippen LogP contribution is -2.32. The van der Waals surface area contributed by atoms with E-state index in [-0.39, 0.29) is 17.4 Å². The van der Waals surface area contributed by atoms with Crippen molar-refractivity contribution in [2.75, 3.05) is 6.54 Å². The Hall–Kier alpha value is -4.02. The average Bonchev–Trinajstić information content (AvgIpc) is 3.58. The number of aromatic nitrogens is 4. The summed E-state index contributed by atoms with van der Waals surface area (Å²) in [6.07, 6.45) is 1.13. The van der Waals surface area contributed by atoms with Crippen molar-refractivity contribution in [2.45, 2.75) is 25.7 Å². The molecule has 2 atom stereocenters. The molecule has 8 nitrogen and oxygen atoms in total. The normalized spacial score (nSPS) is 17.6. The van der Waals surface area contributed by atoms with Gasteiger partial charge in [0.25, 0.3) is 5.91 Å². The topological polar surface area (TPSA) is 96.0 Å². The Morgan fingerprint density at radius 1 is 1.00 bits per heavy atom. The van der Waals surface area contributed by atoms with Gasteiger partial charge in [-0.2, -0.15) is 5.10 Å². The first-order valence-electron chi connectivity index (χ1n) is 12.1. The Bertz CT molecular complexity index is 1690. The first kappa shape index (κ1) is 24.3. The second-order valence-corrected chi connectivity index (χ2v) is 10.1. The van der Waals surface area contributed by atoms with Gasteiger partial charge in [-0.1, -0.05) is 22.0 Å². The summed E-state index contributed by atoms with van der Waals surface area (Å²) < 4.78 is 22.6. The number of nitrogens with one attached hydrogen (secondary N) is 2. The van der Waals surface area contributed by atoms with Gasteiger partial charge in [-0.05, 0) is 79.6 Å². The summed E-state index contributed by atoms with van der Waals surface area (Å²) in [7, 11) is 0. The number of halogens is 2. The number of amides is 1. The van der Waals surface area contributed by atoms with E-state index in [2.05, 4.69) is 25.9 Å². The zero-order chi connectivity index (χ0) is 26.4. The van der Waals surface area contributed by atoms with Crippen molar-refractivity contribution in [3.05, 3.63) is 105 Å². The number of hydrogen-bond donors (Lipinski definition) is 2. The van der Waals surface area contributed by atoms with Crippen LogP contribution in [0.4, 0.5) is 4.39 Å². The SMILES string of the molecule is C[C@H]1O[C@H](c2cn(-c3ccc(Br)cc3)nc2-c2ccc(F)cc2)N(CCc2ccc3[nH]c(=O)[nH]c3c2)C1=O. The number of hydrogen-bond acceptors (Lipinski definition) is 4. The van der Waals surface area contributed by atoms with Gasteiger partial charge >= 0.3 is 5.69 Å². The highest BCUT2D eigenvalue weighted by Gasteiger charge is 2.40. The Morgan fingerprint density at radius 2 is 1.74 bits per heavy atom. The van der Waals surface area contributed by atoms with Crippen molar-refractivity contribution in [2.24, 2.45) is 0 Å². The molecule has 192 valence electrons. The molecule has 0 radical (unpaired) electrons. The third-order valence-corrected chi connectivity index (χ3v) is 7.21. The fraction of sp³-hybridized carbons (Fsp3) is 0.179. The van der Waals surface area contributed by atoms with Gasteiger partial charge in [-0.15, -0.1) is 0 Å². The molecule has 10 heteroatoms. The number of nitrogens with zero attached hydrogens (tertiary/aromatic N) is 3. The Morgan fingerprint density at radius 3 is 2.50 bits per heavy atom. The van der Waals surface area contributed by atoms with Crippen LogP contribution in [0.2, 0.25) is 0 Å². The fourth-order valence-corrected chi connectivity index (χ4v) is 5.02. The molecule has 3 heterocycles. The van der Waals surface area contributed by atoms with Gasteiger partial charge in [0, 0.05) is 28.3 Å². The number of aromatic amines is 2. The van der Waals surface area contributed by atoms with Crippen molar-refractivity contribution in [3.8, 4) is 16.9 Å². The second kappa shape index (κ2) is 9.70. The van der Waals surface area contributed by atoms with Crippen LogP contribution < -0.4 is 5.69 Å². The van der Waals surface area contributed by atoms with Gasteiger partial charge in [0.05, 0.1) is 16.7 Å². The number of benzene rings is 3. The van der Waals surface area contributed by atoms with Crippen LogP contribution in [0.5, 0.6) is 0 Å². The van der Waals surface area contributed by atoms with Gasteiger partial charge in [-0.25, -0.2) is 13.9 Å². The second-order valence-electron chi connectivity index (χ2n) is 9.23. The molecule has 2 aromatic heterocycles. The molecule has 1 aliphatic rings. The van der Waals surface area contributed by atoms with Crippen LogP contribution in [-0.2, 0) is 16.0 Å². The summed E-state index contributed by atoms with van der Waals surface area (Å²) in [4.78, 5) is 32.0. The number of ether oxygens (including phenoxy) is 1. The van der Waals surface area contributed by atoms with E-state index in [1.54, 1.807) is 28.6 Å². The monoisotopic (exact) mass is 575 g/mol. The minimum atomic E-state index is -0.669. The van der Waals surface area contributed by atoms with Gasteiger partial charge in [-0.3, -0.25) is 4.79 Å². The van der Waals surface area contributed by atoms with E-state index in [9.17, 15) is 14.0 Å². The number of rotatable bonds is 6. The van der Waals surface area contributed by atoms with Crippen molar-refractivity contribution in [1.82, 2.24) is 24.6 Å². The number of H-pyrrole nitrogens is 2. The molecule has 1 amide bonds. The Balaban J connectivity index is 1.36. The van der Waals surface area contributed by atoms with Gasteiger partial charge in [0.15, 0.2) is 6.23 Å². The molecule has 0 unspecified atom stereocenters. The predicted molar refractivity (Wildman–Crippen MR) is 144 cm³/mol. The maximum Gasteiger partial charge on any atom is 0.323 e. The number of fused-ring (bicyclic) bond motifs is 1. The zero-order valence-corrected chi connectivity index (χ0v) is 21.9. The summed E-state index contributed by atoms with van der Waals surface area (Å²) in [6, 6.07) is 19.5. The summed E-state index contributed by atoms with van der Waals surface area (Å²) in [5, 5.41) is 4.82. The standard InChI is InChI=1S/C28H23BrFN5O3/c1-16-26(36)34(13-12-17-2-11-23-24(14-17)32-28(37)31-23)27(38-16)22-15-35(21-9-5-19(29)6-10-21)33-25(22)18-3-7-20(30)8-4-18/h2-11,14-16,27H,12-13H2,1H3,(H2,31,32,37)/t16-,27-/m1/s1. The van der Waals surface area contributed by atoms with Crippen LogP contribution in [0, 0.1) is 5.82 Å². The lowest BCUT2D eigenvalue weighted by atomic mass is 10.1. The van der Waals surface area contributed by atoms with Crippen LogP contribution in [-0.4, -0.2) is 43.2 Å². The van der Waals surface area contributed by atoms with E-state index in [1.165, 1.54) is 12.1 Å². The fourth-order valence-electron chi connectivity index (χ4n) is 4.75. The molecule has 1 fully saturated rings. The van der Waals surface area contributed by atoms with E-state index in [1.807, 2.05) is 48.7 Å². The van der Waals surface area contributed by atoms with Crippen LogP contribution in [0.25, 0.3) is 28.0 Å². The molecule has 0 bridgehead atoms. The quantitative estimate of drug-likeness (QED) is 0.294. The highest BCUT2D eigenvalue weighted by molar-refractivity contribution is 9.10. The first-order chi connectivity index (χ1) is 18.4. The summed E-state index contributed by atoms with van der Waals surface area (Å²) in [5.74, 6) is -0.460. The number of imidazole rings is 1. The van der Waals surface area contributed by atoms with Crippen LogP contribution >= 0.6 is 15.9 Å². The minimum Gasteiger partial charge on any atom is -0.341 e. The Labute approximate surface area is 225 Å². The average molecular weight is 576 g/mol. The van der Waals surface area contributed by atoms with Gasteiger partial charge in [0.1, 0.15) is 17.6 Å². The van der Waals surface area contributed by atoms with Crippen molar-refractivity contribution >= 4 is 32.9 Å². The highest BCUT2D eigenvalue weighted by Crippen LogP contribution is 2.37. The molecule has 2 N–H and O–H groups in total. The lowest BCUT2D eigenvalue weighted by Gasteiger charge is -2.23. The summed E-state index contributed by atoms with van der Waals surface area (Å²) in [5.41, 5.74) is 5.04. The van der Waals surface area contributed by atoms with E-state index in [0.29, 0.717) is 24.2 Å². The van der Waals surface area contributed by atoms with E-state index in [0.717, 1.165) is 32.3 Å². The molecule has 6 rings (SSSR count). The van der Waals surface area contributed by atoms with Crippen molar-refractivity contribution in [3.63, 3.8) is 0 Å². The number of carbonyl (C=O) groups excluding carboxylic acids is 1. The van der Waals surface area contributed by atoms with Gasteiger partial charge in [0.2, 0.25) is 0 Å². The largest absolute Gasteiger partial charge is 0.341 e. The zero-order valence-electron chi connectivity index (χ0n) is 20.3. The van der Waals surface area contributed by atoms with Gasteiger partial charge < -0.3 is 19.6 Å². The third-order valence-electron chi connectivity index (χ3n) is 6.69. The summed E-state index contributed by atoms with van der Waals surface area (Å²) >= 11 is 3.46. The third kappa shape index (κ3) is 4.57. The molecule has 1 saturated heterocycles. The molecular weight excluding hydrogens is 553 g/mol. The number of carbonyl (C=O) groups is 1. The van der Waals surface area contributed by atoms with E-state index >= 15 is 0 Å². The first-order valence-corrected chi connectivity index (χ1v) is 12.9. The molecule has 5 aromatic rings. The van der Waals surface area contributed by atoms with Crippen LogP contribution in [0.15, 0.2) is 82.2 Å². The highest BCUT2D eigenvalue weighted by atomic mass is 79.9. The smallest absolute Gasteiger partial charge is 0.323 e. The van der Waals surface area contributed by atoms with E-state index in [4.69, 9.17) is 9.84 Å². The molecule has 0 saturated carbocycles. The lowest BCUT2D eigenvalue weighted by molar-refractivity contribution is -0.130. The molecule has 1 aliphatic heterocycles. The van der Waals surface area contributed by atoms with Crippen LogP contribution in [0.1, 0.15) is 24.3 Å². The van der Waals surface area contributed by atoms with E-state index < -0.39 is 12.3 Å². The molecule has 0 aliphatic carbocycles. The summed E-state index contributed by atoms with van der Waals surface area (Å²) in [6.45, 7) is 2.14. The molecule has 3 aromatic carbocycles. The maximum atomic E-state index is 13.7. The minimum absolute atomic E-state index is 0.118. The maximum absolute atomic E-state index is 13.7. The Kier molecular flexibility index (Phi) is 6.21. The van der Waals surface area contributed by atoms with Crippen molar-refractivity contribution in [1.29, 1.82) is 0 Å². The molecule has 0 spiro atoms. The molecule has 38 heavy (non-hydrogen) atoms. The van der Waals surface area contributed by atoms with Crippen molar-refractivity contribution < 1.29 is 13.9 Å².